The van der Waals surface area contributed by atoms with E-state index in [0.717, 1.165) is 15.4 Å². The molecule has 0 aliphatic rings. The molecule has 0 fully saturated rings. The van der Waals surface area contributed by atoms with Crippen molar-refractivity contribution in [1.29, 1.82) is 0 Å². The molecule has 4 N–H and O–H groups in total. The van der Waals surface area contributed by atoms with Crippen LogP contribution in [0.5, 0.6) is 0 Å². The second kappa shape index (κ2) is 4.04. The zero-order chi connectivity index (χ0) is 10.9. The molecule has 0 bridgehead atoms. The van der Waals surface area contributed by atoms with Crippen LogP contribution in [0.2, 0.25) is 0 Å². The highest BCUT2D eigenvalue weighted by molar-refractivity contribution is 7.81. The molecule has 1 aromatic carbocycles. The van der Waals surface area contributed by atoms with Gasteiger partial charge in [0.05, 0.1) is 0 Å². The number of benzene rings is 1. The Kier molecular flexibility index (Phi) is 3.40. The van der Waals surface area contributed by atoms with E-state index in [9.17, 15) is 0 Å². The molecule has 0 aromatic heterocycles. The Morgan fingerprint density at radius 1 is 1.21 bits per heavy atom. The van der Waals surface area contributed by atoms with E-state index in [4.69, 9.17) is 11.5 Å². The molecule has 2 nitrogen and oxygen atoms in total. The Morgan fingerprint density at radius 3 is 2.00 bits per heavy atom. The van der Waals surface area contributed by atoms with E-state index < -0.39 is 0 Å². The maximum Gasteiger partial charge on any atom is 0.0336 e. The summed E-state index contributed by atoms with van der Waals surface area (Å²) in [4.78, 5) is 1.70. The fourth-order valence-electron chi connectivity index (χ4n) is 1.43. The summed E-state index contributed by atoms with van der Waals surface area (Å²) < 4.78 is 0. The molecule has 0 aliphatic heterocycles. The Morgan fingerprint density at radius 2 is 1.64 bits per heavy atom. The number of hydrogen-bond acceptors (Lipinski definition) is 4. The van der Waals surface area contributed by atoms with Crippen LogP contribution in [0.1, 0.15) is 19.4 Å². The fraction of sp³-hybridized carbons (Fsp3) is 0.400. The van der Waals surface area contributed by atoms with Crippen molar-refractivity contribution in [1.82, 2.24) is 0 Å². The summed E-state index contributed by atoms with van der Waals surface area (Å²) in [6, 6.07) is 3.66. The smallest absolute Gasteiger partial charge is 0.0336 e. The first-order valence-electron chi connectivity index (χ1n) is 4.40. The molecule has 0 heterocycles. The van der Waals surface area contributed by atoms with Gasteiger partial charge in [0.2, 0.25) is 0 Å². The summed E-state index contributed by atoms with van der Waals surface area (Å²) >= 11 is 8.80. The van der Waals surface area contributed by atoms with Crippen LogP contribution in [0.25, 0.3) is 0 Å². The van der Waals surface area contributed by atoms with Crippen molar-refractivity contribution in [2.75, 3.05) is 12.3 Å². The molecular formula is C10H16N2S2. The third-order valence-electron chi connectivity index (χ3n) is 2.31. The molecule has 0 radical (unpaired) electrons. The molecule has 78 valence electrons. The average molecular weight is 228 g/mol. The van der Waals surface area contributed by atoms with Gasteiger partial charge in [0.15, 0.2) is 0 Å². The quantitative estimate of drug-likeness (QED) is 0.463. The summed E-state index contributed by atoms with van der Waals surface area (Å²) in [6.07, 6.45) is 0. The number of nitrogen functional groups attached to an aromatic ring is 1. The van der Waals surface area contributed by atoms with Crippen LogP contribution in [-0.4, -0.2) is 6.54 Å². The minimum atomic E-state index is -0.123. The normalized spacial score (nSPS) is 11.8. The van der Waals surface area contributed by atoms with E-state index >= 15 is 0 Å². The van der Waals surface area contributed by atoms with Crippen molar-refractivity contribution in [3.63, 3.8) is 0 Å². The van der Waals surface area contributed by atoms with Crippen molar-refractivity contribution in [2.24, 2.45) is 5.73 Å². The average Bonchev–Trinajstić information content (AvgIpc) is 2.01. The van der Waals surface area contributed by atoms with Crippen molar-refractivity contribution >= 4 is 30.9 Å². The van der Waals surface area contributed by atoms with E-state index in [2.05, 4.69) is 39.1 Å². The van der Waals surface area contributed by atoms with Gasteiger partial charge in [0.25, 0.3) is 0 Å². The lowest BCUT2D eigenvalue weighted by Gasteiger charge is -2.26. The Hall–Kier alpha value is -0.320. The van der Waals surface area contributed by atoms with Gasteiger partial charge in [0.1, 0.15) is 0 Å². The van der Waals surface area contributed by atoms with Crippen LogP contribution in [0.3, 0.4) is 0 Å². The highest BCUT2D eigenvalue weighted by Gasteiger charge is 2.23. The standard InChI is InChI=1S/C10H16N2S2/c1-10(2,5-11)9-7(13)3-6(12)4-8(9)14/h3-4,13-14H,5,11-12H2,1-2H3. The minimum Gasteiger partial charge on any atom is -0.399 e. The first kappa shape index (κ1) is 11.8. The lowest BCUT2D eigenvalue weighted by molar-refractivity contribution is 0.519. The molecule has 0 saturated carbocycles. The number of rotatable bonds is 2. The molecular weight excluding hydrogens is 212 g/mol. The van der Waals surface area contributed by atoms with Crippen LogP contribution in [-0.2, 0) is 5.41 Å². The van der Waals surface area contributed by atoms with Crippen molar-refractivity contribution in [3.8, 4) is 0 Å². The Labute approximate surface area is 95.9 Å². The largest absolute Gasteiger partial charge is 0.399 e. The monoisotopic (exact) mass is 228 g/mol. The zero-order valence-corrected chi connectivity index (χ0v) is 10.2. The van der Waals surface area contributed by atoms with Gasteiger partial charge in [-0.1, -0.05) is 13.8 Å². The SMILES string of the molecule is CC(C)(CN)c1c(S)cc(N)cc1S. The van der Waals surface area contributed by atoms with Crippen molar-refractivity contribution in [3.05, 3.63) is 17.7 Å². The molecule has 14 heavy (non-hydrogen) atoms. The van der Waals surface area contributed by atoms with Crippen molar-refractivity contribution in [2.45, 2.75) is 29.1 Å². The van der Waals surface area contributed by atoms with Gasteiger partial charge >= 0.3 is 0 Å². The highest BCUT2D eigenvalue weighted by Crippen LogP contribution is 2.34. The first-order valence-corrected chi connectivity index (χ1v) is 5.30. The number of anilines is 1. The number of hydrogen-bond donors (Lipinski definition) is 4. The highest BCUT2D eigenvalue weighted by atomic mass is 32.1. The molecule has 1 aromatic rings. The number of thiol groups is 2. The van der Waals surface area contributed by atoms with Crippen molar-refractivity contribution < 1.29 is 0 Å². The summed E-state index contributed by atoms with van der Waals surface area (Å²) in [7, 11) is 0. The summed E-state index contributed by atoms with van der Waals surface area (Å²) in [6.45, 7) is 4.69. The molecule has 1 rings (SSSR count). The topological polar surface area (TPSA) is 52.0 Å². The predicted octanol–water partition coefficient (Wildman–Crippen LogP) is 2.08. The van der Waals surface area contributed by atoms with Gasteiger partial charge in [-0.15, -0.1) is 25.3 Å². The van der Waals surface area contributed by atoms with Gasteiger partial charge in [-0.2, -0.15) is 0 Å². The van der Waals surface area contributed by atoms with Gasteiger partial charge < -0.3 is 11.5 Å². The van der Waals surface area contributed by atoms with Crippen LogP contribution >= 0.6 is 25.3 Å². The predicted molar refractivity (Wildman–Crippen MR) is 67.4 cm³/mol. The second-order valence-corrected chi connectivity index (χ2v) is 4.99. The van der Waals surface area contributed by atoms with Gasteiger partial charge in [-0.3, -0.25) is 0 Å². The second-order valence-electron chi connectivity index (χ2n) is 4.02. The van der Waals surface area contributed by atoms with Gasteiger partial charge in [-0.05, 0) is 17.7 Å². The van der Waals surface area contributed by atoms with Crippen LogP contribution < -0.4 is 11.5 Å². The van der Waals surface area contributed by atoms with Gasteiger partial charge in [-0.25, -0.2) is 0 Å². The molecule has 0 atom stereocenters. The maximum absolute atomic E-state index is 5.71. The Bertz CT molecular complexity index is 325. The number of nitrogens with two attached hydrogens (primary N) is 2. The van der Waals surface area contributed by atoms with E-state index in [1.165, 1.54) is 0 Å². The van der Waals surface area contributed by atoms with Crippen LogP contribution in [0.4, 0.5) is 5.69 Å². The maximum atomic E-state index is 5.71. The van der Waals surface area contributed by atoms with Gasteiger partial charge in [0, 0.05) is 27.4 Å². The molecule has 0 saturated heterocycles. The molecule has 0 spiro atoms. The van der Waals surface area contributed by atoms with Crippen LogP contribution in [0.15, 0.2) is 21.9 Å². The third kappa shape index (κ3) is 2.19. The van der Waals surface area contributed by atoms with Crippen LogP contribution in [0, 0.1) is 0 Å². The molecule has 4 heteroatoms. The lowest BCUT2D eigenvalue weighted by Crippen LogP contribution is -2.29. The van der Waals surface area contributed by atoms with E-state index in [1.807, 2.05) is 12.1 Å². The third-order valence-corrected chi connectivity index (χ3v) is 3.01. The lowest BCUT2D eigenvalue weighted by atomic mass is 9.84. The summed E-state index contributed by atoms with van der Waals surface area (Å²) in [5.41, 5.74) is 13.0. The fourth-order valence-corrected chi connectivity index (χ4v) is 2.66. The van der Waals surface area contributed by atoms with E-state index in [-0.39, 0.29) is 5.41 Å². The zero-order valence-electron chi connectivity index (χ0n) is 8.41. The van der Waals surface area contributed by atoms with E-state index in [1.54, 1.807) is 0 Å². The molecule has 0 unspecified atom stereocenters. The first-order chi connectivity index (χ1) is 6.38. The molecule has 0 amide bonds. The molecule has 0 aliphatic carbocycles. The van der Waals surface area contributed by atoms with E-state index in [0.29, 0.717) is 12.2 Å². The Balaban J connectivity index is 3.35. The summed E-state index contributed by atoms with van der Waals surface area (Å²) in [5.74, 6) is 0. The minimum absolute atomic E-state index is 0.123. The summed E-state index contributed by atoms with van der Waals surface area (Å²) in [5, 5.41) is 0.